The Hall–Kier alpha value is -3.05. The molecular weight excluding hydrogens is 352 g/mol. The minimum atomic E-state index is -0.997. The third-order valence-electron chi connectivity index (χ3n) is 4.59. The number of amides is 1. The van der Waals surface area contributed by atoms with Crippen LogP contribution in [0, 0.1) is 0 Å². The Morgan fingerprint density at radius 2 is 1.65 bits per heavy atom. The summed E-state index contributed by atoms with van der Waals surface area (Å²) in [5, 5.41) is 10.5. The van der Waals surface area contributed by atoms with Crippen LogP contribution in [0.1, 0.15) is 28.1 Å². The number of aliphatic carboxylic acids is 1. The van der Waals surface area contributed by atoms with Gasteiger partial charge in [-0.05, 0) is 42.0 Å². The zero-order chi connectivity index (χ0) is 18.3. The molecule has 0 saturated carbocycles. The van der Waals surface area contributed by atoms with Crippen LogP contribution in [-0.4, -0.2) is 21.6 Å². The molecule has 2 atom stereocenters. The summed E-state index contributed by atoms with van der Waals surface area (Å²) in [6.45, 7) is 0. The van der Waals surface area contributed by atoms with Crippen molar-refractivity contribution in [2.45, 2.75) is 12.1 Å². The fourth-order valence-electron chi connectivity index (χ4n) is 3.48. The third-order valence-corrected chi connectivity index (χ3v) is 4.84. The molecule has 2 aromatic carbocycles. The molecule has 1 aliphatic heterocycles. The summed E-state index contributed by atoms with van der Waals surface area (Å²) < 4.78 is 1.54. The number of hydrogen-bond donors (Lipinski definition) is 1. The SMILES string of the molecule is O=C(O)[C@H]1[C@@H](c2ccccc2)N(c2ccc(Cl)cc2)C(=O)c2cccn21. The number of benzene rings is 2. The van der Waals surface area contributed by atoms with Crippen LogP contribution in [0.25, 0.3) is 0 Å². The van der Waals surface area contributed by atoms with Gasteiger partial charge in [0.2, 0.25) is 0 Å². The van der Waals surface area contributed by atoms with Crippen LogP contribution in [0.5, 0.6) is 0 Å². The maximum absolute atomic E-state index is 13.2. The van der Waals surface area contributed by atoms with E-state index in [0.29, 0.717) is 16.4 Å². The molecule has 0 fully saturated rings. The molecule has 4 rings (SSSR count). The van der Waals surface area contributed by atoms with Gasteiger partial charge >= 0.3 is 5.97 Å². The zero-order valence-electron chi connectivity index (χ0n) is 13.6. The van der Waals surface area contributed by atoms with Gasteiger partial charge in [-0.2, -0.15) is 0 Å². The summed E-state index contributed by atoms with van der Waals surface area (Å²) in [5.41, 5.74) is 1.70. The normalized spacial score (nSPS) is 19.3. The Morgan fingerprint density at radius 1 is 0.962 bits per heavy atom. The monoisotopic (exact) mass is 366 g/mol. The van der Waals surface area contributed by atoms with E-state index < -0.39 is 18.1 Å². The summed E-state index contributed by atoms with van der Waals surface area (Å²) in [4.78, 5) is 26.9. The second-order valence-electron chi connectivity index (χ2n) is 6.09. The topological polar surface area (TPSA) is 62.5 Å². The highest BCUT2D eigenvalue weighted by Gasteiger charge is 2.44. The van der Waals surface area contributed by atoms with Crippen molar-refractivity contribution in [2.24, 2.45) is 0 Å². The van der Waals surface area contributed by atoms with E-state index in [1.165, 1.54) is 4.57 Å². The first-order valence-corrected chi connectivity index (χ1v) is 8.49. The van der Waals surface area contributed by atoms with Gasteiger partial charge in [-0.15, -0.1) is 0 Å². The van der Waals surface area contributed by atoms with E-state index in [-0.39, 0.29) is 5.91 Å². The smallest absolute Gasteiger partial charge is 0.329 e. The maximum Gasteiger partial charge on any atom is 0.329 e. The molecule has 26 heavy (non-hydrogen) atoms. The number of fused-ring (bicyclic) bond motifs is 1. The van der Waals surface area contributed by atoms with Crippen molar-refractivity contribution in [3.8, 4) is 0 Å². The number of hydrogen-bond acceptors (Lipinski definition) is 2. The minimum Gasteiger partial charge on any atom is -0.480 e. The zero-order valence-corrected chi connectivity index (χ0v) is 14.4. The van der Waals surface area contributed by atoms with Crippen LogP contribution in [0.3, 0.4) is 0 Å². The molecule has 0 bridgehead atoms. The summed E-state index contributed by atoms with van der Waals surface area (Å²) in [5.74, 6) is -1.24. The Morgan fingerprint density at radius 3 is 2.31 bits per heavy atom. The van der Waals surface area contributed by atoms with E-state index in [2.05, 4.69) is 0 Å². The number of anilines is 1. The lowest BCUT2D eigenvalue weighted by Crippen LogP contribution is -2.47. The Bertz CT molecular complexity index is 966. The fourth-order valence-corrected chi connectivity index (χ4v) is 3.60. The van der Waals surface area contributed by atoms with Gasteiger partial charge in [-0.25, -0.2) is 4.79 Å². The highest BCUT2D eigenvalue weighted by atomic mass is 35.5. The molecule has 1 N–H and O–H groups in total. The second-order valence-corrected chi connectivity index (χ2v) is 6.53. The predicted octanol–water partition coefficient (Wildman–Crippen LogP) is 4.17. The summed E-state index contributed by atoms with van der Waals surface area (Å²) >= 11 is 5.98. The van der Waals surface area contributed by atoms with Crippen molar-refractivity contribution < 1.29 is 14.7 Å². The third kappa shape index (κ3) is 2.57. The average molecular weight is 367 g/mol. The fraction of sp³-hybridized carbons (Fsp3) is 0.100. The van der Waals surface area contributed by atoms with Crippen LogP contribution in [0.4, 0.5) is 5.69 Å². The molecule has 0 radical (unpaired) electrons. The standard InChI is InChI=1S/C20H15ClN2O3/c21-14-8-10-15(11-9-14)23-17(13-5-2-1-3-6-13)18(20(25)26)22-12-4-7-16(22)19(23)24/h1-12,17-18H,(H,25,26)/t17-,18-/m1/s1. The number of carboxylic acids is 1. The lowest BCUT2D eigenvalue weighted by molar-refractivity contribution is -0.141. The van der Waals surface area contributed by atoms with E-state index in [4.69, 9.17) is 11.6 Å². The van der Waals surface area contributed by atoms with Gasteiger partial charge in [0.1, 0.15) is 5.69 Å². The van der Waals surface area contributed by atoms with Crippen molar-refractivity contribution in [2.75, 3.05) is 4.90 Å². The Kier molecular flexibility index (Phi) is 4.01. The molecule has 0 spiro atoms. The van der Waals surface area contributed by atoms with Crippen molar-refractivity contribution >= 4 is 29.2 Å². The molecule has 0 saturated heterocycles. The number of aromatic nitrogens is 1. The van der Waals surface area contributed by atoms with Gasteiger partial charge in [0.15, 0.2) is 6.04 Å². The number of carbonyl (C=O) groups excluding carboxylic acids is 1. The van der Waals surface area contributed by atoms with Crippen LogP contribution >= 0.6 is 11.6 Å². The highest BCUT2D eigenvalue weighted by Crippen LogP contribution is 2.41. The molecule has 0 unspecified atom stereocenters. The molecule has 1 amide bonds. The lowest BCUT2D eigenvalue weighted by atomic mass is 9.93. The van der Waals surface area contributed by atoms with E-state index >= 15 is 0 Å². The molecule has 1 aliphatic rings. The van der Waals surface area contributed by atoms with Crippen LogP contribution in [0.15, 0.2) is 72.9 Å². The van der Waals surface area contributed by atoms with Crippen molar-refractivity contribution in [3.05, 3.63) is 89.2 Å². The Balaban J connectivity index is 1.96. The number of rotatable bonds is 3. The first kappa shape index (κ1) is 16.4. The molecule has 3 aromatic rings. The number of nitrogens with zero attached hydrogens (tertiary/aromatic N) is 2. The van der Waals surface area contributed by atoms with E-state index in [0.717, 1.165) is 5.56 Å². The lowest BCUT2D eigenvalue weighted by Gasteiger charge is -2.41. The van der Waals surface area contributed by atoms with Crippen LogP contribution in [0.2, 0.25) is 5.02 Å². The summed E-state index contributed by atoms with van der Waals surface area (Å²) in [7, 11) is 0. The number of carbonyl (C=O) groups is 2. The number of halogens is 1. The molecule has 1 aromatic heterocycles. The van der Waals surface area contributed by atoms with Gasteiger partial charge < -0.3 is 9.67 Å². The predicted molar refractivity (Wildman–Crippen MR) is 98.5 cm³/mol. The molecule has 5 nitrogen and oxygen atoms in total. The van der Waals surface area contributed by atoms with E-state index in [1.54, 1.807) is 47.5 Å². The van der Waals surface area contributed by atoms with Crippen molar-refractivity contribution in [3.63, 3.8) is 0 Å². The van der Waals surface area contributed by atoms with E-state index in [1.807, 2.05) is 30.3 Å². The number of carboxylic acid groups (broad SMARTS) is 1. The van der Waals surface area contributed by atoms with Gasteiger partial charge in [0, 0.05) is 16.9 Å². The Labute approximate surface area is 155 Å². The molecule has 6 heteroatoms. The second kappa shape index (κ2) is 6.35. The maximum atomic E-state index is 13.2. The van der Waals surface area contributed by atoms with Gasteiger partial charge in [-0.3, -0.25) is 9.69 Å². The molecule has 2 heterocycles. The summed E-state index contributed by atoms with van der Waals surface area (Å²) in [6, 6.07) is 17.8. The van der Waals surface area contributed by atoms with Gasteiger partial charge in [0.05, 0.1) is 6.04 Å². The molecular formula is C20H15ClN2O3. The quantitative estimate of drug-likeness (QED) is 0.756. The van der Waals surface area contributed by atoms with Gasteiger partial charge in [-0.1, -0.05) is 41.9 Å². The van der Waals surface area contributed by atoms with Gasteiger partial charge in [0.25, 0.3) is 5.91 Å². The average Bonchev–Trinajstić information content (AvgIpc) is 3.13. The van der Waals surface area contributed by atoms with Crippen molar-refractivity contribution in [1.29, 1.82) is 0 Å². The van der Waals surface area contributed by atoms with Crippen LogP contribution in [-0.2, 0) is 4.79 Å². The minimum absolute atomic E-state index is 0.247. The molecule has 130 valence electrons. The van der Waals surface area contributed by atoms with E-state index in [9.17, 15) is 14.7 Å². The first-order chi connectivity index (χ1) is 12.6. The summed E-state index contributed by atoms with van der Waals surface area (Å²) in [6.07, 6.45) is 1.64. The molecule has 0 aliphatic carbocycles. The largest absolute Gasteiger partial charge is 0.480 e. The van der Waals surface area contributed by atoms with Crippen molar-refractivity contribution in [1.82, 2.24) is 4.57 Å². The first-order valence-electron chi connectivity index (χ1n) is 8.11. The van der Waals surface area contributed by atoms with Crippen LogP contribution < -0.4 is 4.90 Å². The highest BCUT2D eigenvalue weighted by molar-refractivity contribution is 6.30.